The smallest absolute Gasteiger partial charge is 0.0991 e. The Morgan fingerprint density at radius 3 is 1.00 bits per heavy atom. The number of fused-ring (bicyclic) bond motifs is 7. The maximum atomic E-state index is 9.75. The average molecular weight is 953 g/mol. The first-order valence-corrected chi connectivity index (χ1v) is 25.6. The predicted octanol–water partition coefficient (Wildman–Crippen LogP) is 18.7. The van der Waals surface area contributed by atoms with Crippen LogP contribution in [0.25, 0.3) is 55.3 Å². The van der Waals surface area contributed by atoms with Gasteiger partial charge in [-0.3, -0.25) is 0 Å². The van der Waals surface area contributed by atoms with E-state index in [1.807, 2.05) is 24.3 Å². The number of hydrogen-bond acceptors (Lipinski definition) is 4. The molecule has 10 aromatic rings. The molecule has 2 aliphatic rings. The Morgan fingerprint density at radius 1 is 0.324 bits per heavy atom. The summed E-state index contributed by atoms with van der Waals surface area (Å²) in [6.07, 6.45) is 0. The second-order valence-corrected chi connectivity index (χ2v) is 21.6. The van der Waals surface area contributed by atoms with Crippen LogP contribution >= 0.6 is 0 Å². The highest BCUT2D eigenvalue weighted by atomic mass is 15.1. The number of benzene rings is 10. The predicted molar refractivity (Wildman–Crippen MR) is 308 cm³/mol. The molecular formula is C70H56N4. The number of nitriles is 2. The molecule has 0 fully saturated rings. The van der Waals surface area contributed by atoms with Gasteiger partial charge in [0.1, 0.15) is 0 Å². The van der Waals surface area contributed by atoms with Gasteiger partial charge >= 0.3 is 0 Å². The van der Waals surface area contributed by atoms with E-state index in [4.69, 9.17) is 0 Å². The highest BCUT2D eigenvalue weighted by Gasteiger charge is 2.42. The second kappa shape index (κ2) is 17.4. The Hall–Kier alpha value is -8.96. The van der Waals surface area contributed by atoms with Crippen LogP contribution in [0.4, 0.5) is 34.1 Å². The summed E-state index contributed by atoms with van der Waals surface area (Å²) in [5, 5.41) is 22.0. The van der Waals surface area contributed by atoms with Crippen LogP contribution in [-0.2, 0) is 10.8 Å². The highest BCUT2D eigenvalue weighted by Crippen LogP contribution is 2.61. The lowest BCUT2D eigenvalue weighted by molar-refractivity contribution is 0.660. The topological polar surface area (TPSA) is 54.1 Å². The molecule has 74 heavy (non-hydrogen) atoms. The van der Waals surface area contributed by atoms with E-state index < -0.39 is 0 Å². The third-order valence-electron chi connectivity index (χ3n) is 15.8. The van der Waals surface area contributed by atoms with Crippen molar-refractivity contribution in [3.05, 3.63) is 250 Å². The van der Waals surface area contributed by atoms with Gasteiger partial charge in [-0.1, -0.05) is 113 Å². The van der Waals surface area contributed by atoms with Gasteiger partial charge in [0.15, 0.2) is 0 Å². The van der Waals surface area contributed by atoms with Crippen molar-refractivity contribution in [3.8, 4) is 56.6 Å². The monoisotopic (exact) mass is 952 g/mol. The van der Waals surface area contributed by atoms with Crippen molar-refractivity contribution in [1.29, 1.82) is 10.5 Å². The highest BCUT2D eigenvalue weighted by molar-refractivity contribution is 6.17. The third kappa shape index (κ3) is 7.40. The Labute approximate surface area is 435 Å². The Morgan fingerprint density at radius 2 is 0.662 bits per heavy atom. The van der Waals surface area contributed by atoms with Crippen LogP contribution in [0, 0.1) is 50.4 Å². The fourth-order valence-electron chi connectivity index (χ4n) is 12.4. The molecule has 0 radical (unpaired) electrons. The molecule has 0 N–H and O–H groups in total. The van der Waals surface area contributed by atoms with Crippen LogP contribution in [0.3, 0.4) is 0 Å². The van der Waals surface area contributed by atoms with Crippen molar-refractivity contribution in [2.45, 2.75) is 66.2 Å². The normalized spacial score (nSPS) is 13.3. The van der Waals surface area contributed by atoms with Gasteiger partial charge in [0.05, 0.1) is 23.3 Å². The third-order valence-corrected chi connectivity index (χ3v) is 15.8. The lowest BCUT2D eigenvalue weighted by Crippen LogP contribution is -2.17. The van der Waals surface area contributed by atoms with E-state index >= 15 is 0 Å². The van der Waals surface area contributed by atoms with E-state index in [0.29, 0.717) is 11.1 Å². The van der Waals surface area contributed by atoms with Gasteiger partial charge in [0.25, 0.3) is 0 Å². The number of aryl methyl sites for hydroxylation is 4. The second-order valence-electron chi connectivity index (χ2n) is 21.6. The van der Waals surface area contributed by atoms with E-state index in [9.17, 15) is 10.5 Å². The van der Waals surface area contributed by atoms with Gasteiger partial charge in [-0.25, -0.2) is 0 Å². The van der Waals surface area contributed by atoms with Crippen LogP contribution in [0.1, 0.15) is 83.3 Å². The molecule has 0 saturated carbocycles. The summed E-state index contributed by atoms with van der Waals surface area (Å²) in [5.74, 6) is 0. The first-order chi connectivity index (χ1) is 35.7. The molecule has 4 heteroatoms. The summed E-state index contributed by atoms with van der Waals surface area (Å²) in [5.41, 5.74) is 26.8. The maximum absolute atomic E-state index is 9.75. The molecule has 356 valence electrons. The zero-order valence-electron chi connectivity index (χ0n) is 43.3. The van der Waals surface area contributed by atoms with Gasteiger partial charge in [-0.05, 0) is 237 Å². The van der Waals surface area contributed by atoms with E-state index in [2.05, 4.69) is 247 Å². The van der Waals surface area contributed by atoms with Gasteiger partial charge < -0.3 is 9.80 Å². The van der Waals surface area contributed by atoms with Gasteiger partial charge in [0.2, 0.25) is 0 Å². The minimum absolute atomic E-state index is 0.376. The number of nitrogens with zero attached hydrogens (tertiary/aromatic N) is 4. The molecule has 0 unspecified atom stereocenters. The average Bonchev–Trinajstić information content (AvgIpc) is 3.86. The molecule has 0 spiro atoms. The van der Waals surface area contributed by atoms with Crippen LogP contribution in [0.15, 0.2) is 194 Å². The molecule has 12 rings (SSSR count). The van der Waals surface area contributed by atoms with E-state index in [1.54, 1.807) is 0 Å². The molecule has 4 nitrogen and oxygen atoms in total. The van der Waals surface area contributed by atoms with Crippen molar-refractivity contribution in [1.82, 2.24) is 0 Å². The Kier molecular flexibility index (Phi) is 10.8. The van der Waals surface area contributed by atoms with Crippen LogP contribution < -0.4 is 9.80 Å². The molecule has 0 heterocycles. The molecule has 0 atom stereocenters. The van der Waals surface area contributed by atoms with Gasteiger partial charge in [-0.15, -0.1) is 0 Å². The van der Waals surface area contributed by atoms with Crippen molar-refractivity contribution >= 4 is 44.9 Å². The quantitative estimate of drug-likeness (QED) is 0.152. The summed E-state index contributed by atoms with van der Waals surface area (Å²) >= 11 is 0. The maximum Gasteiger partial charge on any atom is 0.0991 e. The van der Waals surface area contributed by atoms with Gasteiger partial charge in [-0.2, -0.15) is 10.5 Å². The van der Waals surface area contributed by atoms with E-state index in [1.165, 1.54) is 99.8 Å². The molecule has 0 saturated heterocycles. The lowest BCUT2D eigenvalue weighted by Gasteiger charge is -2.29. The molecular weight excluding hydrogens is 897 g/mol. The van der Waals surface area contributed by atoms with Crippen molar-refractivity contribution in [2.24, 2.45) is 0 Å². The van der Waals surface area contributed by atoms with Crippen LogP contribution in [0.2, 0.25) is 0 Å². The number of hydrogen-bond donors (Lipinski definition) is 0. The zero-order valence-corrected chi connectivity index (χ0v) is 43.3. The van der Waals surface area contributed by atoms with E-state index in [0.717, 1.165) is 34.1 Å². The lowest BCUT2D eigenvalue weighted by atomic mass is 9.76. The Bertz CT molecular complexity index is 3690. The van der Waals surface area contributed by atoms with Crippen molar-refractivity contribution in [3.63, 3.8) is 0 Å². The number of rotatable bonds is 8. The van der Waals surface area contributed by atoms with Crippen molar-refractivity contribution in [2.75, 3.05) is 9.80 Å². The molecule has 0 aromatic heterocycles. The SMILES string of the molecule is Cc1cc(C)cc(N(c2ccc(C#N)cc2)c2ccc3c(c2)C(C)(C)c2cc4c(-c5ccccc5)c5c(cc4c(-c4ccccc4)c2-3)C(C)(C)c2cc(N(c3ccc(C#N)cc3)c3cc(C)cc(C)c3)ccc2-5)c1. The summed E-state index contributed by atoms with van der Waals surface area (Å²) in [6, 6.07) is 75.2. The molecule has 0 aliphatic heterocycles. The number of anilines is 6. The fourth-order valence-corrected chi connectivity index (χ4v) is 12.4. The summed E-state index contributed by atoms with van der Waals surface area (Å²) in [6.45, 7) is 18.2. The molecule has 10 aromatic carbocycles. The van der Waals surface area contributed by atoms with Crippen LogP contribution in [0.5, 0.6) is 0 Å². The zero-order chi connectivity index (χ0) is 51.2. The van der Waals surface area contributed by atoms with E-state index in [-0.39, 0.29) is 10.8 Å². The van der Waals surface area contributed by atoms with Gasteiger partial charge in [0, 0.05) is 45.0 Å². The van der Waals surface area contributed by atoms with Crippen molar-refractivity contribution < 1.29 is 0 Å². The fraction of sp³-hybridized carbons (Fsp3) is 0.143. The Balaban J connectivity index is 1.10. The molecule has 2 aliphatic carbocycles. The summed E-state index contributed by atoms with van der Waals surface area (Å²) in [4.78, 5) is 4.67. The first-order valence-electron chi connectivity index (χ1n) is 25.6. The molecule has 0 amide bonds. The summed E-state index contributed by atoms with van der Waals surface area (Å²) in [7, 11) is 0. The first kappa shape index (κ1) is 46.1. The van der Waals surface area contributed by atoms with Crippen LogP contribution in [-0.4, -0.2) is 0 Å². The molecule has 0 bridgehead atoms. The minimum atomic E-state index is -0.376. The summed E-state index contributed by atoms with van der Waals surface area (Å²) < 4.78 is 0. The largest absolute Gasteiger partial charge is 0.310 e. The standard InChI is InChI=1S/C70H56N4/c1-43-31-44(2)34-55(33-43)73(51-23-19-47(41-71)20-24-51)53-27-29-57-61(37-53)69(5,6)63-39-59-60(65(67(57)63)49-15-11-9-12-16-49)40-64-68(66(59)50-17-13-10-14-18-50)58-30-28-54(38-62(58)70(64,7)8)74(52-25-21-48(42-72)22-26-52)56-35-45(3)32-46(4)36-56/h9-40H,1-8H3. The minimum Gasteiger partial charge on any atom is -0.310 e.